The minimum atomic E-state index is -4.66. The predicted molar refractivity (Wildman–Crippen MR) is 177 cm³/mol. The molecule has 246 valence electrons. The van der Waals surface area contributed by atoms with E-state index in [0.717, 1.165) is 57.1 Å². The number of hydrogen-bond acceptors (Lipinski definition) is 3. The van der Waals surface area contributed by atoms with Gasteiger partial charge in [0.25, 0.3) is 0 Å². The topological polar surface area (TPSA) is 29.5 Å². The van der Waals surface area contributed by atoms with Crippen LogP contribution in [0, 0.1) is 0 Å². The fourth-order valence-electron chi connectivity index (χ4n) is 6.60. The Labute approximate surface area is 274 Å². The van der Waals surface area contributed by atoms with Gasteiger partial charge in [-0.05, 0) is 83.6 Å². The molecule has 7 rings (SSSR count). The molecule has 0 bridgehead atoms. The molecule has 0 N–H and O–H groups in total. The lowest BCUT2D eigenvalue weighted by atomic mass is 9.86. The molecule has 1 atom stereocenters. The monoisotopic (exact) mass is 677 g/mol. The smallest absolute Gasteiger partial charge is 0.412 e. The van der Waals surface area contributed by atoms with Gasteiger partial charge in [0, 0.05) is 23.4 Å². The Balaban J connectivity index is 1.55. The molecule has 48 heavy (non-hydrogen) atoms. The normalized spacial score (nSPS) is 13.8. The SMILES string of the molecule is CC(C)N(C(c1cccc(C(F)(F)F)c1)c1cccc(C(F)(F)F)c1)p1oc2c(c3c(ccc4ccccc43)o1)-c1ccccc1CC2. The van der Waals surface area contributed by atoms with Crippen LogP contribution in [-0.4, -0.2) is 6.04 Å². The van der Waals surface area contributed by atoms with Crippen LogP contribution in [0.15, 0.2) is 118 Å². The molecule has 1 heterocycles. The van der Waals surface area contributed by atoms with E-state index in [1.807, 2.05) is 68.4 Å². The molecule has 0 saturated heterocycles. The summed E-state index contributed by atoms with van der Waals surface area (Å²) in [6.07, 6.45) is -8.08. The maximum atomic E-state index is 14.0. The van der Waals surface area contributed by atoms with E-state index >= 15 is 0 Å². The minimum absolute atomic E-state index is 0.165. The Hall–Kier alpha value is -4.46. The van der Waals surface area contributed by atoms with Crippen molar-refractivity contribution >= 4 is 29.9 Å². The summed E-state index contributed by atoms with van der Waals surface area (Å²) in [7, 11) is -2.13. The van der Waals surface area contributed by atoms with Crippen LogP contribution in [0.5, 0.6) is 0 Å². The van der Waals surface area contributed by atoms with Crippen LogP contribution in [0.3, 0.4) is 0 Å². The molecule has 6 aromatic rings. The number of alkyl halides is 6. The van der Waals surface area contributed by atoms with Gasteiger partial charge in [-0.15, -0.1) is 0 Å². The van der Waals surface area contributed by atoms with E-state index in [9.17, 15) is 26.3 Å². The van der Waals surface area contributed by atoms with Crippen molar-refractivity contribution in [2.24, 2.45) is 0 Å². The van der Waals surface area contributed by atoms with Gasteiger partial charge >= 0.3 is 20.5 Å². The first kappa shape index (κ1) is 32.1. The first-order chi connectivity index (χ1) is 22.9. The lowest BCUT2D eigenvalue weighted by molar-refractivity contribution is -0.138. The second kappa shape index (κ2) is 12.2. The molecule has 0 spiro atoms. The summed E-state index contributed by atoms with van der Waals surface area (Å²) in [6, 6.07) is 27.8. The van der Waals surface area contributed by atoms with E-state index in [1.54, 1.807) is 4.67 Å². The van der Waals surface area contributed by atoms with Gasteiger partial charge in [-0.25, -0.2) is 0 Å². The van der Waals surface area contributed by atoms with Gasteiger partial charge in [-0.2, -0.15) is 31.0 Å². The van der Waals surface area contributed by atoms with Crippen LogP contribution in [0.25, 0.3) is 32.9 Å². The quantitative estimate of drug-likeness (QED) is 0.170. The largest absolute Gasteiger partial charge is 0.416 e. The number of hydrogen-bond donors (Lipinski definition) is 0. The van der Waals surface area contributed by atoms with Crippen LogP contribution in [-0.2, 0) is 25.2 Å². The molecule has 0 amide bonds. The molecule has 0 saturated carbocycles. The molecular weight excluding hydrogens is 647 g/mol. The van der Waals surface area contributed by atoms with Gasteiger partial charge in [-0.1, -0.05) is 78.9 Å². The van der Waals surface area contributed by atoms with Gasteiger partial charge in [0.15, 0.2) is 0 Å². The van der Waals surface area contributed by atoms with Crippen molar-refractivity contribution in [3.8, 4) is 11.1 Å². The highest BCUT2D eigenvalue weighted by Gasteiger charge is 2.37. The molecule has 0 radical (unpaired) electrons. The van der Waals surface area contributed by atoms with Crippen LogP contribution in [0.4, 0.5) is 26.3 Å². The number of nitrogens with zero attached hydrogens (tertiary/aromatic N) is 1. The fraction of sp³-hybridized carbons (Fsp3) is 0.211. The molecule has 1 aromatic heterocycles. The van der Waals surface area contributed by atoms with E-state index < -0.39 is 43.7 Å². The van der Waals surface area contributed by atoms with Gasteiger partial charge in [0.2, 0.25) is 0 Å². The lowest BCUT2D eigenvalue weighted by Crippen LogP contribution is -2.33. The summed E-state index contributed by atoms with van der Waals surface area (Å²) in [4.78, 5) is 0. The second-order valence-electron chi connectivity index (χ2n) is 12.2. The zero-order valence-electron chi connectivity index (χ0n) is 25.9. The number of halogens is 6. The molecule has 0 aliphatic heterocycles. The summed E-state index contributed by atoms with van der Waals surface area (Å²) < 4.78 is 99.5. The molecule has 1 aliphatic carbocycles. The number of aryl methyl sites for hydroxylation is 2. The van der Waals surface area contributed by atoms with E-state index in [4.69, 9.17) is 8.39 Å². The van der Waals surface area contributed by atoms with Crippen molar-refractivity contribution in [2.45, 2.75) is 51.1 Å². The van der Waals surface area contributed by atoms with Gasteiger partial charge < -0.3 is 8.39 Å². The van der Waals surface area contributed by atoms with E-state index in [0.29, 0.717) is 24.2 Å². The van der Waals surface area contributed by atoms with Crippen LogP contribution >= 0.6 is 8.16 Å². The van der Waals surface area contributed by atoms with Crippen LogP contribution in [0.1, 0.15) is 53.5 Å². The Kier molecular flexibility index (Phi) is 8.17. The Bertz CT molecular complexity index is 2130. The van der Waals surface area contributed by atoms with E-state index in [2.05, 4.69) is 6.07 Å². The molecular formula is C38H30F6NO2P. The third-order valence-electron chi connectivity index (χ3n) is 8.73. The third-order valence-corrected chi connectivity index (χ3v) is 10.5. The van der Waals surface area contributed by atoms with Crippen molar-refractivity contribution in [2.75, 3.05) is 4.67 Å². The van der Waals surface area contributed by atoms with Gasteiger partial charge in [0.05, 0.1) is 17.2 Å². The average Bonchev–Trinajstić information content (AvgIpc) is 3.23. The summed E-state index contributed by atoms with van der Waals surface area (Å²) in [6.45, 7) is 3.67. The molecule has 5 aromatic carbocycles. The summed E-state index contributed by atoms with van der Waals surface area (Å²) >= 11 is 0. The highest BCUT2D eigenvalue weighted by atomic mass is 31.1. The maximum absolute atomic E-state index is 14.0. The van der Waals surface area contributed by atoms with E-state index in [1.165, 1.54) is 24.3 Å². The van der Waals surface area contributed by atoms with E-state index in [-0.39, 0.29) is 11.1 Å². The Morgan fingerprint density at radius 1 is 0.667 bits per heavy atom. The Morgan fingerprint density at radius 3 is 1.94 bits per heavy atom. The number of benzene rings is 5. The molecule has 1 aliphatic rings. The lowest BCUT2D eigenvalue weighted by Gasteiger charge is -2.33. The molecule has 1 unspecified atom stereocenters. The first-order valence-electron chi connectivity index (χ1n) is 15.5. The Morgan fingerprint density at radius 2 is 1.29 bits per heavy atom. The molecule has 0 fully saturated rings. The van der Waals surface area contributed by atoms with Gasteiger partial charge in [-0.3, -0.25) is 0 Å². The summed E-state index contributed by atoms with van der Waals surface area (Å²) in [5.41, 5.74) is 2.09. The predicted octanol–water partition coefficient (Wildman–Crippen LogP) is 12.2. The van der Waals surface area contributed by atoms with Crippen molar-refractivity contribution in [3.05, 3.63) is 143 Å². The average molecular weight is 678 g/mol. The zero-order chi connectivity index (χ0) is 33.8. The highest BCUT2D eigenvalue weighted by molar-refractivity contribution is 7.38. The summed E-state index contributed by atoms with van der Waals surface area (Å²) in [5, 5.41) is 2.79. The summed E-state index contributed by atoms with van der Waals surface area (Å²) in [5.74, 6) is 0.674. The standard InChI is InChI=1S/C38H30F6NO2P/c1-23(2)45(36(26-11-7-13-28(21-26)37(39,40)41)27-12-8-14-29(22-27)38(42,43)44)48-46-32-19-17-24-9-3-5-15-30(24)34(32)35-31-16-6-4-10-25(31)18-20-33(35)47-48/h3-17,19,21-23,36H,18,20H2,1-2H3. The highest BCUT2D eigenvalue weighted by Crippen LogP contribution is 2.49. The minimum Gasteiger partial charge on any atom is -0.412 e. The number of rotatable bonds is 5. The fourth-order valence-corrected chi connectivity index (χ4v) is 8.35. The van der Waals surface area contributed by atoms with Crippen LogP contribution in [0.2, 0.25) is 0 Å². The number of fused-ring (bicyclic) bond motifs is 7. The van der Waals surface area contributed by atoms with Crippen molar-refractivity contribution in [1.29, 1.82) is 0 Å². The van der Waals surface area contributed by atoms with Crippen molar-refractivity contribution in [1.82, 2.24) is 0 Å². The van der Waals surface area contributed by atoms with Crippen molar-refractivity contribution < 1.29 is 34.7 Å². The first-order valence-corrected chi connectivity index (χ1v) is 16.7. The molecule has 10 heteroatoms. The molecule has 3 nitrogen and oxygen atoms in total. The third kappa shape index (κ3) is 5.90. The maximum Gasteiger partial charge on any atom is 0.416 e. The zero-order valence-corrected chi connectivity index (χ0v) is 26.8. The second-order valence-corrected chi connectivity index (χ2v) is 13.5. The van der Waals surface area contributed by atoms with Gasteiger partial charge in [0.1, 0.15) is 11.3 Å². The van der Waals surface area contributed by atoms with Crippen molar-refractivity contribution in [3.63, 3.8) is 0 Å². The van der Waals surface area contributed by atoms with Crippen LogP contribution < -0.4 is 4.67 Å².